The number of ether oxygens (including phenoxy) is 1. The number of aliphatic imine (C=N–C) groups is 1. The number of amides is 1. The van der Waals surface area contributed by atoms with Gasteiger partial charge in [-0.15, -0.1) is 0 Å². The first kappa shape index (κ1) is 20.7. The predicted molar refractivity (Wildman–Crippen MR) is 99.3 cm³/mol. The van der Waals surface area contributed by atoms with E-state index in [2.05, 4.69) is 27.9 Å². The van der Waals surface area contributed by atoms with E-state index in [1.807, 2.05) is 20.8 Å². The Morgan fingerprint density at radius 2 is 1.83 bits per heavy atom. The zero-order chi connectivity index (χ0) is 18.1. The molecule has 3 N–H and O–H groups in total. The van der Waals surface area contributed by atoms with E-state index in [0.29, 0.717) is 5.96 Å². The van der Waals surface area contributed by atoms with E-state index in [9.17, 15) is 4.79 Å². The molecule has 0 atom stereocenters. The van der Waals surface area contributed by atoms with Crippen LogP contribution in [0.15, 0.2) is 4.99 Å². The average Bonchev–Trinajstić information content (AvgIpc) is 2.52. The van der Waals surface area contributed by atoms with Gasteiger partial charge in [-0.05, 0) is 40.0 Å². The van der Waals surface area contributed by atoms with Crippen LogP contribution in [0.3, 0.4) is 0 Å². The lowest BCUT2D eigenvalue weighted by molar-refractivity contribution is -0.121. The first-order valence-electron chi connectivity index (χ1n) is 9.20. The highest BCUT2D eigenvalue weighted by molar-refractivity contribution is 5.86. The number of carbonyl (C=O) groups is 1. The molecule has 1 rings (SSSR count). The van der Waals surface area contributed by atoms with Gasteiger partial charge in [0.2, 0.25) is 5.91 Å². The Kier molecular flexibility index (Phi) is 8.53. The minimum absolute atomic E-state index is 0.0416. The van der Waals surface area contributed by atoms with Crippen LogP contribution in [-0.2, 0) is 9.53 Å². The Morgan fingerprint density at radius 1 is 1.17 bits per heavy atom. The minimum Gasteiger partial charge on any atom is -0.373 e. The summed E-state index contributed by atoms with van der Waals surface area (Å²) >= 11 is 0. The Morgan fingerprint density at radius 3 is 2.38 bits per heavy atom. The van der Waals surface area contributed by atoms with E-state index in [1.54, 1.807) is 7.05 Å². The highest BCUT2D eigenvalue weighted by Gasteiger charge is 2.32. The molecular formula is C18H36N4O2. The molecule has 1 saturated carbocycles. The first-order valence-corrected chi connectivity index (χ1v) is 9.20. The van der Waals surface area contributed by atoms with Gasteiger partial charge < -0.3 is 20.7 Å². The Labute approximate surface area is 147 Å². The molecule has 0 spiro atoms. The van der Waals surface area contributed by atoms with Crippen LogP contribution in [-0.4, -0.2) is 49.8 Å². The fraction of sp³-hybridized carbons (Fsp3) is 0.889. The van der Waals surface area contributed by atoms with Gasteiger partial charge in [-0.1, -0.05) is 26.2 Å². The van der Waals surface area contributed by atoms with Gasteiger partial charge in [-0.2, -0.15) is 0 Å². The van der Waals surface area contributed by atoms with E-state index in [0.717, 1.165) is 32.4 Å². The number of rotatable bonds is 7. The molecule has 0 aromatic heterocycles. The van der Waals surface area contributed by atoms with Gasteiger partial charge in [-0.3, -0.25) is 9.79 Å². The summed E-state index contributed by atoms with van der Waals surface area (Å²) in [5.41, 5.74) is -0.324. The highest BCUT2D eigenvalue weighted by atomic mass is 16.5. The summed E-state index contributed by atoms with van der Waals surface area (Å²) < 4.78 is 6.18. The second-order valence-electron chi connectivity index (χ2n) is 7.67. The summed E-state index contributed by atoms with van der Waals surface area (Å²) in [6.45, 7) is 9.77. The van der Waals surface area contributed by atoms with E-state index in [-0.39, 0.29) is 23.6 Å². The summed E-state index contributed by atoms with van der Waals surface area (Å²) in [4.78, 5) is 16.1. The van der Waals surface area contributed by atoms with Crippen molar-refractivity contribution in [3.8, 4) is 0 Å². The van der Waals surface area contributed by atoms with Crippen LogP contribution >= 0.6 is 0 Å². The van der Waals surface area contributed by atoms with Crippen molar-refractivity contribution in [2.45, 2.75) is 77.4 Å². The number of nitrogens with one attached hydrogen (secondary N) is 3. The largest absolute Gasteiger partial charge is 0.373 e. The van der Waals surface area contributed by atoms with Crippen LogP contribution in [0.1, 0.15) is 66.2 Å². The van der Waals surface area contributed by atoms with E-state index in [1.165, 1.54) is 19.3 Å². The molecule has 140 valence electrons. The Bertz CT molecular complexity index is 410. The lowest BCUT2D eigenvalue weighted by Gasteiger charge is -2.37. The summed E-state index contributed by atoms with van der Waals surface area (Å²) in [5, 5.41) is 9.35. The van der Waals surface area contributed by atoms with Crippen LogP contribution < -0.4 is 16.0 Å². The Balaban J connectivity index is 2.47. The zero-order valence-corrected chi connectivity index (χ0v) is 16.1. The van der Waals surface area contributed by atoms with Crippen molar-refractivity contribution in [2.75, 3.05) is 26.7 Å². The molecule has 24 heavy (non-hydrogen) atoms. The number of nitrogens with zero attached hydrogens (tertiary/aromatic N) is 1. The fourth-order valence-corrected chi connectivity index (χ4v) is 2.98. The van der Waals surface area contributed by atoms with Crippen molar-refractivity contribution in [2.24, 2.45) is 4.99 Å². The third-order valence-electron chi connectivity index (χ3n) is 4.11. The van der Waals surface area contributed by atoms with E-state index < -0.39 is 0 Å². The second-order valence-corrected chi connectivity index (χ2v) is 7.67. The molecule has 0 aromatic carbocycles. The number of carbonyl (C=O) groups excluding carboxylic acids is 1. The molecule has 1 fully saturated rings. The fourth-order valence-electron chi connectivity index (χ4n) is 2.98. The molecule has 0 bridgehead atoms. The summed E-state index contributed by atoms with van der Waals surface area (Å²) in [6, 6.07) is 0. The number of guanidine groups is 1. The number of hydrogen-bond donors (Lipinski definition) is 3. The van der Waals surface area contributed by atoms with Crippen molar-refractivity contribution < 1.29 is 9.53 Å². The van der Waals surface area contributed by atoms with Gasteiger partial charge in [-0.25, -0.2) is 0 Å². The maximum Gasteiger partial charge on any atom is 0.239 e. The SMILES string of the molecule is CCCOC1(CNC(=NC)NCC(=O)NC(C)(C)C)CCCCC1. The molecule has 1 aliphatic carbocycles. The van der Waals surface area contributed by atoms with Crippen LogP contribution in [0.2, 0.25) is 0 Å². The maximum absolute atomic E-state index is 11.9. The van der Waals surface area contributed by atoms with Crippen molar-refractivity contribution in [1.29, 1.82) is 0 Å². The minimum atomic E-state index is -0.226. The van der Waals surface area contributed by atoms with Crippen LogP contribution in [0.5, 0.6) is 0 Å². The molecule has 0 saturated heterocycles. The van der Waals surface area contributed by atoms with E-state index >= 15 is 0 Å². The molecule has 6 nitrogen and oxygen atoms in total. The lowest BCUT2D eigenvalue weighted by atomic mass is 9.84. The summed E-state index contributed by atoms with van der Waals surface area (Å²) in [5.74, 6) is 0.601. The van der Waals surface area contributed by atoms with Crippen molar-refractivity contribution in [3.05, 3.63) is 0 Å². The summed E-state index contributed by atoms with van der Waals surface area (Å²) in [7, 11) is 1.72. The van der Waals surface area contributed by atoms with Gasteiger partial charge in [0.15, 0.2) is 5.96 Å². The normalized spacial score (nSPS) is 18.1. The lowest BCUT2D eigenvalue weighted by Crippen LogP contribution is -2.52. The van der Waals surface area contributed by atoms with Crippen molar-refractivity contribution in [3.63, 3.8) is 0 Å². The van der Waals surface area contributed by atoms with Gasteiger partial charge in [0.1, 0.15) is 0 Å². The maximum atomic E-state index is 11.9. The molecule has 0 aliphatic heterocycles. The van der Waals surface area contributed by atoms with E-state index in [4.69, 9.17) is 4.74 Å². The molecule has 1 amide bonds. The van der Waals surface area contributed by atoms with Gasteiger partial charge in [0.25, 0.3) is 0 Å². The van der Waals surface area contributed by atoms with Gasteiger partial charge >= 0.3 is 0 Å². The molecule has 1 aliphatic rings. The summed E-state index contributed by atoms with van der Waals surface area (Å²) in [6.07, 6.45) is 6.92. The molecule has 0 radical (unpaired) electrons. The average molecular weight is 341 g/mol. The molecule has 6 heteroatoms. The topological polar surface area (TPSA) is 74.8 Å². The second kappa shape index (κ2) is 9.87. The van der Waals surface area contributed by atoms with Crippen LogP contribution in [0.25, 0.3) is 0 Å². The Hall–Kier alpha value is -1.30. The number of hydrogen-bond acceptors (Lipinski definition) is 3. The quantitative estimate of drug-likeness (QED) is 0.491. The van der Waals surface area contributed by atoms with Crippen LogP contribution in [0, 0.1) is 0 Å². The molecule has 0 heterocycles. The highest BCUT2D eigenvalue weighted by Crippen LogP contribution is 2.31. The van der Waals surface area contributed by atoms with Crippen molar-refractivity contribution in [1.82, 2.24) is 16.0 Å². The van der Waals surface area contributed by atoms with Crippen molar-refractivity contribution >= 4 is 11.9 Å². The molecule has 0 unspecified atom stereocenters. The van der Waals surface area contributed by atoms with Crippen LogP contribution in [0.4, 0.5) is 0 Å². The first-order chi connectivity index (χ1) is 11.3. The third-order valence-corrected chi connectivity index (χ3v) is 4.11. The molecular weight excluding hydrogens is 304 g/mol. The van der Waals surface area contributed by atoms with Gasteiger partial charge in [0.05, 0.1) is 12.1 Å². The predicted octanol–water partition coefficient (Wildman–Crippen LogP) is 2.20. The monoisotopic (exact) mass is 340 g/mol. The molecule has 0 aromatic rings. The smallest absolute Gasteiger partial charge is 0.239 e. The third kappa shape index (κ3) is 7.99. The zero-order valence-electron chi connectivity index (χ0n) is 16.1. The van der Waals surface area contributed by atoms with Gasteiger partial charge in [0, 0.05) is 25.7 Å². The standard InChI is InChI=1S/C18H36N4O2/c1-6-12-24-18(10-8-7-9-11-18)14-21-16(19-5)20-13-15(23)22-17(2,3)4/h6-14H2,1-5H3,(H,22,23)(H2,19,20,21).